The van der Waals surface area contributed by atoms with Crippen LogP contribution in [0.1, 0.15) is 13.8 Å². The Morgan fingerprint density at radius 2 is 1.67 bits per heavy atom. The number of ether oxygens (including phenoxy) is 1. The highest BCUT2D eigenvalue weighted by Gasteiger charge is 2.34. The second-order valence-corrected chi connectivity index (χ2v) is 2.48. The zero-order valence-electron chi connectivity index (χ0n) is 7.06. The summed E-state index contributed by atoms with van der Waals surface area (Å²) in [6, 6.07) is 0. The van der Waals surface area contributed by atoms with E-state index in [1.807, 2.05) is 0 Å². The maximum absolute atomic E-state index is 10.8. The average molecular weight is 399 g/mol. The zero-order chi connectivity index (χ0) is 10.4. The smallest absolute Gasteiger partial charge is 0.320 e. The first-order valence-corrected chi connectivity index (χ1v) is 9.24. The highest BCUT2D eigenvalue weighted by Crippen LogP contribution is 2.15. The van der Waals surface area contributed by atoms with Gasteiger partial charge in [-0.3, -0.25) is 9.59 Å². The Hall–Kier alpha value is 0.400. The van der Waals surface area contributed by atoms with Gasteiger partial charge in [-0.05, 0) is 13.8 Å². The van der Waals surface area contributed by atoms with Crippen LogP contribution in [0, 0.1) is 5.41 Å². The lowest BCUT2D eigenvalue weighted by Crippen LogP contribution is -2.39. The molecule has 0 saturated heterocycles. The predicted octanol–water partition coefficient (Wildman–Crippen LogP) is 1.44. The number of carbonyl (C=O) groups is 2. The minimum absolute atomic E-state index is 0.611. The summed E-state index contributed by atoms with van der Waals surface area (Å²) in [4.78, 5) is 21.3. The highest BCUT2D eigenvalue weighted by atomic mass is 128. The van der Waals surface area contributed by atoms with Crippen LogP contribution in [0.2, 0.25) is 0 Å². The fraction of sp³-hybridized carbons (Fsp3) is 0.667. The molecule has 0 aromatic carbocycles. The summed E-state index contributed by atoms with van der Waals surface area (Å²) in [6.45, 7) is 2.84. The third-order valence-corrected chi connectivity index (χ3v) is 1.31. The second kappa shape index (κ2) is 6.87. The van der Waals surface area contributed by atoms with Gasteiger partial charge in [-0.15, -0.1) is 0 Å². The third kappa shape index (κ3) is 4.43. The van der Waals surface area contributed by atoms with Crippen LogP contribution in [0.3, 0.4) is 0 Å². The van der Waals surface area contributed by atoms with Gasteiger partial charge in [0.15, 0.2) is 0 Å². The fourth-order valence-electron chi connectivity index (χ4n) is 0.356. The van der Waals surface area contributed by atoms with Crippen LogP contribution in [0.4, 0.5) is 0 Å². The number of nitrogens with two attached hydrogens (primary N) is 1. The molecule has 0 rings (SSSR count). The minimum atomic E-state index is -1.21. The van der Waals surface area contributed by atoms with Crippen molar-refractivity contribution in [2.75, 3.05) is 7.11 Å². The van der Waals surface area contributed by atoms with E-state index in [0.29, 0.717) is 0 Å². The molecule has 4 nitrogen and oxygen atoms in total. The summed E-state index contributed by atoms with van der Waals surface area (Å²) in [6.07, 6.45) is 0. The van der Waals surface area contributed by atoms with Crippen molar-refractivity contribution < 1.29 is 14.3 Å². The quantitative estimate of drug-likeness (QED) is 0.434. The third-order valence-electron chi connectivity index (χ3n) is 1.31. The van der Waals surface area contributed by atoms with Gasteiger partial charge in [0.25, 0.3) is 0 Å². The number of hydrogen-bond acceptors (Lipinski definition) is 3. The van der Waals surface area contributed by atoms with Gasteiger partial charge < -0.3 is 10.5 Å². The van der Waals surface area contributed by atoms with Crippen molar-refractivity contribution in [1.82, 2.24) is 0 Å². The van der Waals surface area contributed by atoms with Crippen molar-refractivity contribution in [3.63, 3.8) is 0 Å². The van der Waals surface area contributed by atoms with Crippen LogP contribution in [-0.4, -0.2) is 19.0 Å². The number of esters is 1. The van der Waals surface area contributed by atoms with Gasteiger partial charge in [-0.2, -0.15) is 0 Å². The van der Waals surface area contributed by atoms with Crippen molar-refractivity contribution >= 4 is 49.1 Å². The van der Waals surface area contributed by atoms with E-state index in [9.17, 15) is 9.59 Å². The highest BCUT2D eigenvalue weighted by molar-refractivity contribution is 15.0. The van der Waals surface area contributed by atoms with Crippen molar-refractivity contribution in [2.45, 2.75) is 13.8 Å². The summed E-state index contributed by atoms with van der Waals surface area (Å²) >= 11 is 4.24. The van der Waals surface area contributed by atoms with E-state index in [4.69, 9.17) is 5.73 Å². The van der Waals surface area contributed by atoms with E-state index in [2.05, 4.69) is 42.0 Å². The van der Waals surface area contributed by atoms with Gasteiger partial charge in [-0.25, -0.2) is 0 Å². The van der Waals surface area contributed by atoms with E-state index in [1.54, 1.807) is 0 Å². The van der Waals surface area contributed by atoms with Crippen molar-refractivity contribution in [1.29, 1.82) is 0 Å². The molecule has 0 unspecified atom stereocenters. The first kappa shape index (κ1) is 14.9. The standard InChI is InChI=1S/C6H11NO3.I2/c1-6(2,4(7)8)5(9)10-3;1-2/h1-3H3,(H2,7,8);. The SMILES string of the molecule is COC(=O)C(C)(C)C(N)=O.II. The Labute approximate surface area is 94.9 Å². The molecule has 2 N–H and O–H groups in total. The molecule has 0 heterocycles. The van der Waals surface area contributed by atoms with Crippen molar-refractivity contribution in [2.24, 2.45) is 11.1 Å². The molecule has 0 saturated carbocycles. The molecule has 0 bridgehead atoms. The molecule has 0 aliphatic heterocycles. The molecule has 0 aliphatic carbocycles. The monoisotopic (exact) mass is 399 g/mol. The number of rotatable bonds is 2. The molecule has 0 atom stereocenters. The zero-order valence-corrected chi connectivity index (χ0v) is 11.4. The van der Waals surface area contributed by atoms with Gasteiger partial charge in [0.2, 0.25) is 5.91 Å². The molecule has 0 aromatic heterocycles. The molecule has 1 amide bonds. The molecule has 6 heteroatoms. The normalized spacial score (nSPS) is 9.42. The van der Waals surface area contributed by atoms with Crippen LogP contribution in [0.15, 0.2) is 0 Å². The van der Waals surface area contributed by atoms with Gasteiger partial charge in [-0.1, -0.05) is 0 Å². The lowest BCUT2D eigenvalue weighted by molar-refractivity contribution is -0.155. The maximum atomic E-state index is 10.8. The van der Waals surface area contributed by atoms with Gasteiger partial charge >= 0.3 is 5.97 Å². The molecule has 0 fully saturated rings. The Morgan fingerprint density at radius 1 is 1.33 bits per heavy atom. The van der Waals surface area contributed by atoms with Gasteiger partial charge in [0.05, 0.1) is 7.11 Å². The Kier molecular flexibility index (Phi) is 8.53. The van der Waals surface area contributed by atoms with Crippen LogP contribution < -0.4 is 5.73 Å². The van der Waals surface area contributed by atoms with Crippen LogP contribution >= 0.6 is 37.2 Å². The summed E-state index contributed by atoms with van der Waals surface area (Å²) in [7, 11) is 1.22. The van der Waals surface area contributed by atoms with E-state index in [0.717, 1.165) is 0 Å². The summed E-state index contributed by atoms with van der Waals surface area (Å²) in [5.41, 5.74) is 3.69. The summed E-state index contributed by atoms with van der Waals surface area (Å²) < 4.78 is 4.34. The first-order chi connectivity index (χ1) is 5.42. The number of carbonyl (C=O) groups excluding carboxylic acids is 2. The molecule has 72 valence electrons. The summed E-state index contributed by atoms with van der Waals surface area (Å²) in [5, 5.41) is 0. The molecule has 0 spiro atoms. The minimum Gasteiger partial charge on any atom is -0.468 e. The topological polar surface area (TPSA) is 69.4 Å². The lowest BCUT2D eigenvalue weighted by atomic mass is 9.93. The van der Waals surface area contributed by atoms with Crippen LogP contribution in [0.25, 0.3) is 0 Å². The largest absolute Gasteiger partial charge is 0.468 e. The molecule has 12 heavy (non-hydrogen) atoms. The number of amides is 1. The van der Waals surface area contributed by atoms with Gasteiger partial charge in [0, 0.05) is 37.2 Å². The van der Waals surface area contributed by atoms with Crippen molar-refractivity contribution in [3.05, 3.63) is 0 Å². The molecule has 0 aromatic rings. The summed E-state index contributed by atoms with van der Waals surface area (Å²) in [5.74, 6) is -1.29. The van der Waals surface area contributed by atoms with E-state index < -0.39 is 17.3 Å². The maximum Gasteiger partial charge on any atom is 0.320 e. The number of hydrogen-bond donors (Lipinski definition) is 1. The van der Waals surface area contributed by atoms with Crippen molar-refractivity contribution in [3.8, 4) is 0 Å². The predicted molar refractivity (Wildman–Crippen MR) is 63.0 cm³/mol. The van der Waals surface area contributed by atoms with E-state index >= 15 is 0 Å². The Morgan fingerprint density at radius 3 is 1.75 bits per heavy atom. The fourth-order valence-corrected chi connectivity index (χ4v) is 0.356. The van der Waals surface area contributed by atoms with Gasteiger partial charge in [0.1, 0.15) is 5.41 Å². The number of halogens is 2. The van der Waals surface area contributed by atoms with Crippen LogP contribution in [0.5, 0.6) is 0 Å². The Bertz CT molecular complexity index is 170. The lowest BCUT2D eigenvalue weighted by Gasteiger charge is -2.15. The average Bonchev–Trinajstić information content (AvgIpc) is 2.06. The van der Waals surface area contributed by atoms with E-state index in [1.165, 1.54) is 21.0 Å². The molecular formula is C6H11I2NO3. The molecule has 0 radical (unpaired) electrons. The van der Waals surface area contributed by atoms with E-state index in [-0.39, 0.29) is 0 Å². The number of primary amides is 1. The second-order valence-electron chi connectivity index (χ2n) is 2.48. The Balaban J connectivity index is 0. The van der Waals surface area contributed by atoms with Crippen LogP contribution in [-0.2, 0) is 14.3 Å². The molecular weight excluding hydrogens is 388 g/mol. The molecule has 0 aliphatic rings. The first-order valence-electron chi connectivity index (χ1n) is 2.95. The number of methoxy groups -OCH3 is 1.